The topological polar surface area (TPSA) is 29.5 Å². The van der Waals surface area contributed by atoms with Gasteiger partial charge in [0.05, 0.1) is 12.2 Å². The highest BCUT2D eigenvalue weighted by Gasteiger charge is 2.20. The van der Waals surface area contributed by atoms with E-state index in [9.17, 15) is 13.9 Å². The number of hydrogen-bond donors (Lipinski definition) is 1. The highest BCUT2D eigenvalue weighted by molar-refractivity contribution is 9.10. The summed E-state index contributed by atoms with van der Waals surface area (Å²) >= 11 is 3.01. The Morgan fingerprint density at radius 1 is 1.14 bits per heavy atom. The number of rotatable bonds is 5. The van der Waals surface area contributed by atoms with Crippen LogP contribution in [0.5, 0.6) is 0 Å². The minimum atomic E-state index is -1.34. The third kappa shape index (κ3) is 3.87. The minimum Gasteiger partial charge on any atom is -0.384 e. The van der Waals surface area contributed by atoms with E-state index in [1.165, 1.54) is 0 Å². The van der Waals surface area contributed by atoms with Gasteiger partial charge in [0, 0.05) is 11.6 Å². The van der Waals surface area contributed by atoms with E-state index < -0.39 is 17.7 Å². The Bertz CT molecular complexity index is 591. The lowest BCUT2D eigenvalue weighted by molar-refractivity contribution is 0.202. The fourth-order valence-electron chi connectivity index (χ4n) is 2.07. The Labute approximate surface area is 130 Å². The van der Waals surface area contributed by atoms with E-state index in [0.717, 1.165) is 24.1 Å². The maximum absolute atomic E-state index is 13.8. The molecular weight excluding hydrogens is 342 g/mol. The van der Waals surface area contributed by atoms with E-state index in [2.05, 4.69) is 15.9 Å². The lowest BCUT2D eigenvalue weighted by atomic mass is 9.99. The zero-order valence-corrected chi connectivity index (χ0v) is 13.0. The fraction of sp³-hybridized carbons (Fsp3) is 0.250. The molecule has 21 heavy (non-hydrogen) atoms. The Kier molecular flexibility index (Phi) is 5.45. The van der Waals surface area contributed by atoms with Crippen LogP contribution >= 0.6 is 15.9 Å². The van der Waals surface area contributed by atoms with Gasteiger partial charge in [-0.25, -0.2) is 8.78 Å². The predicted octanol–water partition coefficient (Wildman–Crippen LogP) is 4.00. The van der Waals surface area contributed by atoms with Crippen molar-refractivity contribution >= 4 is 15.9 Å². The second kappa shape index (κ2) is 7.11. The van der Waals surface area contributed by atoms with Crippen LogP contribution in [0, 0.1) is 11.6 Å². The first kappa shape index (κ1) is 16.1. The molecule has 1 unspecified atom stereocenters. The second-order valence-electron chi connectivity index (χ2n) is 4.67. The monoisotopic (exact) mass is 356 g/mol. The smallest absolute Gasteiger partial charge is 0.133 e. The van der Waals surface area contributed by atoms with Crippen LogP contribution in [0.15, 0.2) is 40.9 Å². The van der Waals surface area contributed by atoms with Crippen molar-refractivity contribution in [3.63, 3.8) is 0 Å². The summed E-state index contributed by atoms with van der Waals surface area (Å²) in [7, 11) is 1.62. The van der Waals surface area contributed by atoms with Crippen LogP contribution in [0.4, 0.5) is 8.78 Å². The second-order valence-corrected chi connectivity index (χ2v) is 5.59. The van der Waals surface area contributed by atoms with Gasteiger partial charge in [-0.15, -0.1) is 0 Å². The van der Waals surface area contributed by atoms with Crippen LogP contribution in [-0.2, 0) is 11.2 Å². The van der Waals surface area contributed by atoms with Crippen LogP contribution < -0.4 is 0 Å². The minimum absolute atomic E-state index is 0.295. The van der Waals surface area contributed by atoms with Crippen LogP contribution in [0.25, 0.3) is 0 Å². The van der Waals surface area contributed by atoms with Gasteiger partial charge in [-0.05, 0) is 29.7 Å². The third-order valence-electron chi connectivity index (χ3n) is 3.21. The van der Waals surface area contributed by atoms with E-state index in [0.29, 0.717) is 16.6 Å². The summed E-state index contributed by atoms with van der Waals surface area (Å²) in [4.78, 5) is 0. The van der Waals surface area contributed by atoms with Crippen molar-refractivity contribution in [2.75, 3.05) is 13.7 Å². The number of hydrogen-bond acceptors (Lipinski definition) is 2. The average molecular weight is 357 g/mol. The van der Waals surface area contributed by atoms with Crippen molar-refractivity contribution in [2.45, 2.75) is 12.5 Å². The van der Waals surface area contributed by atoms with Crippen molar-refractivity contribution in [3.05, 3.63) is 69.2 Å². The van der Waals surface area contributed by atoms with E-state index in [1.54, 1.807) is 19.2 Å². The normalized spacial score (nSPS) is 12.4. The van der Waals surface area contributed by atoms with Gasteiger partial charge in [0.25, 0.3) is 0 Å². The summed E-state index contributed by atoms with van der Waals surface area (Å²) in [6.07, 6.45) is -0.594. The van der Waals surface area contributed by atoms with Crippen LogP contribution in [-0.4, -0.2) is 18.8 Å². The zero-order valence-electron chi connectivity index (χ0n) is 11.4. The van der Waals surface area contributed by atoms with Crippen molar-refractivity contribution in [3.8, 4) is 0 Å². The van der Waals surface area contributed by atoms with Crippen molar-refractivity contribution < 1.29 is 18.6 Å². The molecule has 0 fully saturated rings. The Morgan fingerprint density at radius 2 is 1.71 bits per heavy atom. The van der Waals surface area contributed by atoms with Crippen molar-refractivity contribution in [1.29, 1.82) is 0 Å². The molecule has 112 valence electrons. The maximum atomic E-state index is 13.8. The van der Waals surface area contributed by atoms with Crippen LogP contribution in [0.2, 0.25) is 0 Å². The van der Waals surface area contributed by atoms with E-state index >= 15 is 0 Å². The fourth-order valence-corrected chi connectivity index (χ4v) is 2.47. The van der Waals surface area contributed by atoms with E-state index in [4.69, 9.17) is 4.74 Å². The standard InChI is InChI=1S/C16H15BrF2O2/c1-21-7-6-10-2-4-11(5-3-10)16(20)15-13(18)8-12(17)9-14(15)19/h2-5,8-9,16,20H,6-7H2,1H3. The largest absolute Gasteiger partial charge is 0.384 e. The number of aliphatic hydroxyl groups is 1. The molecule has 1 atom stereocenters. The number of methoxy groups -OCH3 is 1. The maximum Gasteiger partial charge on any atom is 0.133 e. The molecule has 0 aliphatic carbocycles. The van der Waals surface area contributed by atoms with Gasteiger partial charge in [0.1, 0.15) is 17.7 Å². The molecule has 5 heteroatoms. The zero-order chi connectivity index (χ0) is 15.4. The molecule has 2 aromatic rings. The van der Waals surface area contributed by atoms with Crippen LogP contribution in [0.3, 0.4) is 0 Å². The first-order chi connectivity index (χ1) is 10.0. The predicted molar refractivity (Wildman–Crippen MR) is 80.1 cm³/mol. The third-order valence-corrected chi connectivity index (χ3v) is 3.67. The highest BCUT2D eigenvalue weighted by atomic mass is 79.9. The summed E-state index contributed by atoms with van der Waals surface area (Å²) in [5.41, 5.74) is 1.13. The van der Waals surface area contributed by atoms with Crippen molar-refractivity contribution in [1.82, 2.24) is 0 Å². The van der Waals surface area contributed by atoms with Gasteiger partial charge in [-0.2, -0.15) is 0 Å². The Hall–Kier alpha value is -1.30. The summed E-state index contributed by atoms with van der Waals surface area (Å²) in [5.74, 6) is -1.56. The van der Waals surface area contributed by atoms with Gasteiger partial charge in [0.2, 0.25) is 0 Å². The quantitative estimate of drug-likeness (QED) is 0.877. The first-order valence-corrected chi connectivity index (χ1v) is 7.22. The molecule has 0 heterocycles. The highest BCUT2D eigenvalue weighted by Crippen LogP contribution is 2.29. The summed E-state index contributed by atoms with van der Waals surface area (Å²) < 4.78 is 33.0. The summed E-state index contributed by atoms with van der Waals surface area (Å²) in [5, 5.41) is 10.2. The lowest BCUT2D eigenvalue weighted by Gasteiger charge is -2.14. The number of halogens is 3. The van der Waals surface area contributed by atoms with Crippen LogP contribution in [0.1, 0.15) is 22.8 Å². The van der Waals surface area contributed by atoms with Gasteiger partial charge in [-0.1, -0.05) is 40.2 Å². The van der Waals surface area contributed by atoms with Gasteiger partial charge >= 0.3 is 0 Å². The molecule has 0 saturated heterocycles. The van der Waals surface area contributed by atoms with Crippen molar-refractivity contribution in [2.24, 2.45) is 0 Å². The SMILES string of the molecule is COCCc1ccc(C(O)c2c(F)cc(Br)cc2F)cc1. The molecule has 2 aromatic carbocycles. The molecule has 0 aliphatic rings. The first-order valence-electron chi connectivity index (χ1n) is 6.43. The van der Waals surface area contributed by atoms with E-state index in [-0.39, 0.29) is 5.56 Å². The average Bonchev–Trinajstić information content (AvgIpc) is 2.44. The molecular formula is C16H15BrF2O2. The molecule has 1 N–H and O–H groups in total. The Morgan fingerprint density at radius 3 is 2.24 bits per heavy atom. The van der Waals surface area contributed by atoms with E-state index in [1.807, 2.05) is 12.1 Å². The molecule has 0 saturated carbocycles. The molecule has 0 amide bonds. The number of aliphatic hydroxyl groups excluding tert-OH is 1. The Balaban J connectivity index is 2.26. The molecule has 0 bridgehead atoms. The molecule has 0 aromatic heterocycles. The van der Waals surface area contributed by atoms with Gasteiger partial charge < -0.3 is 9.84 Å². The molecule has 2 nitrogen and oxygen atoms in total. The van der Waals surface area contributed by atoms with Gasteiger partial charge in [0.15, 0.2) is 0 Å². The number of ether oxygens (including phenoxy) is 1. The molecule has 0 spiro atoms. The summed E-state index contributed by atoms with van der Waals surface area (Å²) in [6.45, 7) is 0.595. The molecule has 2 rings (SSSR count). The molecule has 0 radical (unpaired) electrons. The van der Waals surface area contributed by atoms with Gasteiger partial charge in [-0.3, -0.25) is 0 Å². The number of benzene rings is 2. The summed E-state index contributed by atoms with van der Waals surface area (Å²) in [6, 6.07) is 9.22. The molecule has 0 aliphatic heterocycles. The lowest BCUT2D eigenvalue weighted by Crippen LogP contribution is -2.06.